The first kappa shape index (κ1) is 12.4. The normalized spacial score (nSPS) is 17.0. The molecule has 0 aromatic carbocycles. The molecule has 0 spiro atoms. The zero-order valence-electron chi connectivity index (χ0n) is 10.6. The molecule has 1 N–H and O–H groups in total. The third-order valence-corrected chi connectivity index (χ3v) is 3.18. The van der Waals surface area contributed by atoms with E-state index in [-0.39, 0.29) is 0 Å². The van der Waals surface area contributed by atoms with Crippen LogP contribution in [0.2, 0.25) is 0 Å². The van der Waals surface area contributed by atoms with Crippen LogP contribution < -0.4 is 5.32 Å². The van der Waals surface area contributed by atoms with E-state index in [4.69, 9.17) is 4.74 Å². The van der Waals surface area contributed by atoms with Crippen LogP contribution in [0.15, 0.2) is 18.2 Å². The lowest BCUT2D eigenvalue weighted by atomic mass is 9.98. The Kier molecular flexibility index (Phi) is 4.80. The summed E-state index contributed by atoms with van der Waals surface area (Å²) in [6, 6.07) is 6.06. The number of hydrogen-bond acceptors (Lipinski definition) is 3. The van der Waals surface area contributed by atoms with Gasteiger partial charge in [-0.05, 0) is 31.9 Å². The smallest absolute Gasteiger partial charge is 0.126 e. The van der Waals surface area contributed by atoms with E-state index in [2.05, 4.69) is 17.2 Å². The van der Waals surface area contributed by atoms with Crippen LogP contribution in [0, 0.1) is 0 Å². The highest BCUT2D eigenvalue weighted by Gasteiger charge is 2.13. The molecule has 1 aliphatic carbocycles. The summed E-state index contributed by atoms with van der Waals surface area (Å²) in [5, 5.41) is 3.22. The minimum absolute atomic E-state index is 0.452. The molecule has 3 heteroatoms. The number of rotatable bonds is 5. The van der Waals surface area contributed by atoms with Crippen LogP contribution in [0.5, 0.6) is 0 Å². The summed E-state index contributed by atoms with van der Waals surface area (Å²) in [5.74, 6) is 0.942. The number of anilines is 1. The SMILES string of the molecule is CCNc1cccc(COC2CCCCC2)n1. The number of pyridine rings is 1. The first-order chi connectivity index (χ1) is 8.38. The Bertz CT molecular complexity index is 335. The number of ether oxygens (including phenoxy) is 1. The molecule has 1 fully saturated rings. The van der Waals surface area contributed by atoms with Crippen LogP contribution in [0.4, 0.5) is 5.82 Å². The molecule has 0 unspecified atom stereocenters. The Morgan fingerprint density at radius 2 is 2.12 bits per heavy atom. The summed E-state index contributed by atoms with van der Waals surface area (Å²) >= 11 is 0. The van der Waals surface area contributed by atoms with E-state index >= 15 is 0 Å². The maximum Gasteiger partial charge on any atom is 0.126 e. The van der Waals surface area contributed by atoms with Gasteiger partial charge in [-0.3, -0.25) is 0 Å². The van der Waals surface area contributed by atoms with Gasteiger partial charge >= 0.3 is 0 Å². The Balaban J connectivity index is 1.83. The van der Waals surface area contributed by atoms with Crippen molar-refractivity contribution in [3.63, 3.8) is 0 Å². The molecule has 1 aliphatic rings. The van der Waals surface area contributed by atoms with Gasteiger partial charge in [0.2, 0.25) is 0 Å². The molecule has 94 valence electrons. The van der Waals surface area contributed by atoms with E-state index in [1.54, 1.807) is 0 Å². The Labute approximate surface area is 104 Å². The molecule has 0 bridgehead atoms. The molecule has 1 aromatic rings. The quantitative estimate of drug-likeness (QED) is 0.848. The predicted molar refractivity (Wildman–Crippen MR) is 70.1 cm³/mol. The van der Waals surface area contributed by atoms with Crippen molar-refractivity contribution in [1.82, 2.24) is 4.98 Å². The molecule has 0 aliphatic heterocycles. The third kappa shape index (κ3) is 4.00. The van der Waals surface area contributed by atoms with Gasteiger partial charge in [-0.2, -0.15) is 0 Å². The first-order valence-electron chi connectivity index (χ1n) is 6.70. The van der Waals surface area contributed by atoms with Gasteiger partial charge in [0.05, 0.1) is 18.4 Å². The minimum Gasteiger partial charge on any atom is -0.372 e. The molecule has 0 saturated heterocycles. The van der Waals surface area contributed by atoms with Crippen molar-refractivity contribution in [2.24, 2.45) is 0 Å². The van der Waals surface area contributed by atoms with E-state index < -0.39 is 0 Å². The van der Waals surface area contributed by atoms with Crippen LogP contribution in [0.1, 0.15) is 44.7 Å². The number of aromatic nitrogens is 1. The van der Waals surface area contributed by atoms with Crippen LogP contribution in [0.3, 0.4) is 0 Å². The highest BCUT2D eigenvalue weighted by molar-refractivity contribution is 5.34. The largest absolute Gasteiger partial charge is 0.372 e. The van der Waals surface area contributed by atoms with Gasteiger partial charge in [0.15, 0.2) is 0 Å². The molecule has 0 atom stereocenters. The van der Waals surface area contributed by atoms with Crippen molar-refractivity contribution in [2.45, 2.75) is 51.7 Å². The fourth-order valence-electron chi connectivity index (χ4n) is 2.27. The van der Waals surface area contributed by atoms with E-state index in [9.17, 15) is 0 Å². The standard InChI is InChI=1S/C14H22N2O/c1-2-15-14-10-6-7-12(16-14)11-17-13-8-4-3-5-9-13/h6-7,10,13H,2-5,8-9,11H2,1H3,(H,15,16). The molecule has 1 saturated carbocycles. The molecule has 0 amide bonds. The average molecular weight is 234 g/mol. The van der Waals surface area contributed by atoms with Crippen LogP contribution in [-0.2, 0) is 11.3 Å². The van der Waals surface area contributed by atoms with E-state index in [1.807, 2.05) is 18.2 Å². The van der Waals surface area contributed by atoms with E-state index in [1.165, 1.54) is 32.1 Å². The van der Waals surface area contributed by atoms with Crippen molar-refractivity contribution in [3.05, 3.63) is 23.9 Å². The lowest BCUT2D eigenvalue weighted by Crippen LogP contribution is -2.16. The van der Waals surface area contributed by atoms with Gasteiger partial charge in [0.1, 0.15) is 5.82 Å². The highest BCUT2D eigenvalue weighted by Crippen LogP contribution is 2.21. The van der Waals surface area contributed by atoms with Crippen molar-refractivity contribution < 1.29 is 4.74 Å². The van der Waals surface area contributed by atoms with Gasteiger partial charge in [-0.15, -0.1) is 0 Å². The maximum absolute atomic E-state index is 5.91. The van der Waals surface area contributed by atoms with Crippen molar-refractivity contribution >= 4 is 5.82 Å². The van der Waals surface area contributed by atoms with Gasteiger partial charge in [0, 0.05) is 6.54 Å². The monoisotopic (exact) mass is 234 g/mol. The fraction of sp³-hybridized carbons (Fsp3) is 0.643. The Morgan fingerprint density at radius 1 is 1.29 bits per heavy atom. The molecule has 0 radical (unpaired) electrons. The van der Waals surface area contributed by atoms with Gasteiger partial charge in [-0.1, -0.05) is 25.3 Å². The summed E-state index contributed by atoms with van der Waals surface area (Å²) in [7, 11) is 0. The van der Waals surface area contributed by atoms with Crippen LogP contribution in [0.25, 0.3) is 0 Å². The van der Waals surface area contributed by atoms with E-state index in [0.29, 0.717) is 12.7 Å². The van der Waals surface area contributed by atoms with Crippen molar-refractivity contribution in [3.8, 4) is 0 Å². The minimum atomic E-state index is 0.452. The lowest BCUT2D eigenvalue weighted by molar-refractivity contribution is 0.0153. The summed E-state index contributed by atoms with van der Waals surface area (Å²) < 4.78 is 5.91. The highest BCUT2D eigenvalue weighted by atomic mass is 16.5. The second-order valence-electron chi connectivity index (χ2n) is 4.62. The second kappa shape index (κ2) is 6.60. The van der Waals surface area contributed by atoms with Crippen molar-refractivity contribution in [1.29, 1.82) is 0 Å². The molecule has 1 aromatic heterocycles. The molecule has 3 nitrogen and oxygen atoms in total. The summed E-state index contributed by atoms with van der Waals surface area (Å²) in [6.07, 6.45) is 6.88. The number of nitrogens with zero attached hydrogens (tertiary/aromatic N) is 1. The van der Waals surface area contributed by atoms with Crippen LogP contribution >= 0.6 is 0 Å². The maximum atomic E-state index is 5.91. The predicted octanol–water partition coefficient (Wildman–Crippen LogP) is 3.36. The third-order valence-electron chi connectivity index (χ3n) is 3.18. The van der Waals surface area contributed by atoms with Crippen molar-refractivity contribution in [2.75, 3.05) is 11.9 Å². The summed E-state index contributed by atoms with van der Waals surface area (Å²) in [6.45, 7) is 3.62. The van der Waals surface area contributed by atoms with Gasteiger partial charge in [-0.25, -0.2) is 4.98 Å². The summed E-state index contributed by atoms with van der Waals surface area (Å²) in [5.41, 5.74) is 1.02. The second-order valence-corrected chi connectivity index (χ2v) is 4.62. The Morgan fingerprint density at radius 3 is 2.88 bits per heavy atom. The lowest BCUT2D eigenvalue weighted by Gasteiger charge is -2.21. The number of nitrogens with one attached hydrogen (secondary N) is 1. The molecular formula is C14H22N2O. The molecular weight excluding hydrogens is 212 g/mol. The molecule has 17 heavy (non-hydrogen) atoms. The number of hydrogen-bond donors (Lipinski definition) is 1. The van der Waals surface area contributed by atoms with Gasteiger partial charge < -0.3 is 10.1 Å². The average Bonchev–Trinajstić information content (AvgIpc) is 2.39. The first-order valence-corrected chi connectivity index (χ1v) is 6.70. The fourth-order valence-corrected chi connectivity index (χ4v) is 2.27. The molecule has 2 rings (SSSR count). The summed E-state index contributed by atoms with van der Waals surface area (Å²) in [4.78, 5) is 4.51. The zero-order chi connectivity index (χ0) is 11.9. The Hall–Kier alpha value is -1.09. The topological polar surface area (TPSA) is 34.1 Å². The van der Waals surface area contributed by atoms with E-state index in [0.717, 1.165) is 18.1 Å². The van der Waals surface area contributed by atoms with Crippen LogP contribution in [-0.4, -0.2) is 17.6 Å². The van der Waals surface area contributed by atoms with Gasteiger partial charge in [0.25, 0.3) is 0 Å². The molecule has 1 heterocycles. The zero-order valence-corrected chi connectivity index (χ0v) is 10.6.